The molecule has 0 radical (unpaired) electrons. The van der Waals surface area contributed by atoms with Crippen molar-refractivity contribution < 1.29 is 4.42 Å². The van der Waals surface area contributed by atoms with Crippen LogP contribution in [0, 0.1) is 6.92 Å². The zero-order valence-corrected chi connectivity index (χ0v) is 16.6. The van der Waals surface area contributed by atoms with Gasteiger partial charge in [0.2, 0.25) is 5.58 Å². The van der Waals surface area contributed by atoms with Gasteiger partial charge in [-0.25, -0.2) is 4.98 Å². The number of hydrogen-bond donors (Lipinski definition) is 2. The third-order valence-corrected chi connectivity index (χ3v) is 5.93. The molecule has 0 aliphatic carbocycles. The molecule has 0 amide bonds. The van der Waals surface area contributed by atoms with Gasteiger partial charge in [-0.3, -0.25) is 10.1 Å². The Labute approximate surface area is 171 Å². The second-order valence-corrected chi connectivity index (χ2v) is 8.01. The van der Waals surface area contributed by atoms with E-state index in [4.69, 9.17) is 4.42 Å². The Morgan fingerprint density at radius 3 is 2.72 bits per heavy atom. The Hall–Kier alpha value is -3.22. The van der Waals surface area contributed by atoms with Crippen molar-refractivity contribution in [2.45, 2.75) is 19.5 Å². The molecule has 5 nitrogen and oxygen atoms in total. The van der Waals surface area contributed by atoms with Crippen LogP contribution in [-0.2, 0) is 6.54 Å². The average molecular weight is 401 g/mol. The maximum absolute atomic E-state index is 12.5. The zero-order chi connectivity index (χ0) is 19.8. The van der Waals surface area contributed by atoms with Gasteiger partial charge in [0.25, 0.3) is 5.56 Å². The lowest BCUT2D eigenvalue weighted by Gasteiger charge is -2.18. The van der Waals surface area contributed by atoms with Crippen LogP contribution in [0.15, 0.2) is 75.3 Å². The van der Waals surface area contributed by atoms with Crippen molar-refractivity contribution in [1.82, 2.24) is 15.3 Å². The summed E-state index contributed by atoms with van der Waals surface area (Å²) in [6.07, 6.45) is 0. The first-order chi connectivity index (χ1) is 14.2. The number of rotatable bonds is 5. The van der Waals surface area contributed by atoms with E-state index in [1.807, 2.05) is 30.3 Å². The second kappa shape index (κ2) is 7.31. The van der Waals surface area contributed by atoms with Crippen LogP contribution in [0.4, 0.5) is 0 Å². The Kier molecular flexibility index (Phi) is 4.50. The fourth-order valence-electron chi connectivity index (χ4n) is 3.53. The average Bonchev–Trinajstić information content (AvgIpc) is 3.38. The van der Waals surface area contributed by atoms with Gasteiger partial charge in [0.05, 0.1) is 12.6 Å². The van der Waals surface area contributed by atoms with Gasteiger partial charge in [0, 0.05) is 10.3 Å². The molecule has 5 aromatic rings. The molecule has 1 atom stereocenters. The van der Waals surface area contributed by atoms with Crippen molar-refractivity contribution in [3.63, 3.8) is 0 Å². The molecule has 6 heteroatoms. The van der Waals surface area contributed by atoms with E-state index >= 15 is 0 Å². The maximum Gasteiger partial charge on any atom is 0.294 e. The summed E-state index contributed by atoms with van der Waals surface area (Å²) in [6, 6.07) is 20.3. The van der Waals surface area contributed by atoms with E-state index in [0.717, 1.165) is 5.39 Å². The van der Waals surface area contributed by atoms with E-state index in [-0.39, 0.29) is 17.2 Å². The molecule has 0 bridgehead atoms. The summed E-state index contributed by atoms with van der Waals surface area (Å²) < 4.78 is 5.68. The predicted molar refractivity (Wildman–Crippen MR) is 116 cm³/mol. The third-order valence-electron chi connectivity index (χ3n) is 4.99. The standard InChI is InChI=1S/C23H19N3O2S/c1-14-8-10-15(11-9-14)20(18-7-4-12-29-18)24-13-19-25-21-16-5-2-3-6-17(16)28-22(21)23(27)26-19/h2-12,20,24H,13H2,1H3,(H,25,26,27)/t20-/m1/s1. The quantitative estimate of drug-likeness (QED) is 0.439. The number of benzene rings is 2. The van der Waals surface area contributed by atoms with Crippen LogP contribution in [0.25, 0.3) is 22.1 Å². The first-order valence-corrected chi connectivity index (χ1v) is 10.3. The van der Waals surface area contributed by atoms with E-state index in [1.165, 1.54) is 16.0 Å². The minimum Gasteiger partial charge on any atom is -0.449 e. The van der Waals surface area contributed by atoms with Gasteiger partial charge in [-0.15, -0.1) is 11.3 Å². The van der Waals surface area contributed by atoms with Gasteiger partial charge in [-0.2, -0.15) is 0 Å². The first kappa shape index (κ1) is 17.8. The molecule has 0 saturated heterocycles. The fourth-order valence-corrected chi connectivity index (χ4v) is 4.35. The monoisotopic (exact) mass is 401 g/mol. The lowest BCUT2D eigenvalue weighted by molar-refractivity contribution is 0.591. The summed E-state index contributed by atoms with van der Waals surface area (Å²) in [6.45, 7) is 2.51. The van der Waals surface area contributed by atoms with Crippen molar-refractivity contribution in [2.24, 2.45) is 0 Å². The van der Waals surface area contributed by atoms with Gasteiger partial charge in [0.1, 0.15) is 16.9 Å². The highest BCUT2D eigenvalue weighted by Gasteiger charge is 2.17. The summed E-state index contributed by atoms with van der Waals surface area (Å²) in [5.41, 5.74) is 3.68. The van der Waals surface area contributed by atoms with Crippen LogP contribution in [-0.4, -0.2) is 9.97 Å². The molecule has 2 N–H and O–H groups in total. The number of aromatic nitrogens is 2. The number of hydrogen-bond acceptors (Lipinski definition) is 5. The lowest BCUT2D eigenvalue weighted by Crippen LogP contribution is -2.24. The molecule has 3 heterocycles. The Bertz CT molecular complexity index is 1330. The molecular weight excluding hydrogens is 382 g/mol. The molecule has 3 aromatic heterocycles. The summed E-state index contributed by atoms with van der Waals surface area (Å²) in [7, 11) is 0. The van der Waals surface area contributed by atoms with E-state index in [2.05, 4.69) is 57.9 Å². The highest BCUT2D eigenvalue weighted by molar-refractivity contribution is 7.10. The molecule has 0 spiro atoms. The number of nitrogens with zero attached hydrogens (tertiary/aromatic N) is 1. The van der Waals surface area contributed by atoms with Gasteiger partial charge in [0.15, 0.2) is 0 Å². The zero-order valence-electron chi connectivity index (χ0n) is 15.8. The van der Waals surface area contributed by atoms with Gasteiger partial charge in [-0.05, 0) is 36.1 Å². The molecular formula is C23H19N3O2S. The number of para-hydroxylation sites is 1. The van der Waals surface area contributed by atoms with Gasteiger partial charge < -0.3 is 9.40 Å². The SMILES string of the molecule is Cc1ccc([C@@H](NCc2nc3c(oc4ccccc43)c(=O)[nH]2)c2cccs2)cc1. The van der Waals surface area contributed by atoms with Crippen molar-refractivity contribution >= 4 is 33.4 Å². The number of aryl methyl sites for hydroxylation is 1. The number of fused-ring (bicyclic) bond motifs is 3. The van der Waals surface area contributed by atoms with E-state index in [1.54, 1.807) is 11.3 Å². The molecule has 144 valence electrons. The number of furan rings is 1. The normalized spacial score (nSPS) is 12.6. The highest BCUT2D eigenvalue weighted by Crippen LogP contribution is 2.27. The Balaban J connectivity index is 1.50. The second-order valence-electron chi connectivity index (χ2n) is 7.03. The molecule has 0 aliphatic rings. The Morgan fingerprint density at radius 1 is 1.10 bits per heavy atom. The minimum atomic E-state index is -0.258. The number of H-pyrrole nitrogens is 1. The molecule has 29 heavy (non-hydrogen) atoms. The molecule has 0 fully saturated rings. The Morgan fingerprint density at radius 2 is 1.93 bits per heavy atom. The first-order valence-electron chi connectivity index (χ1n) is 9.43. The molecule has 0 unspecified atom stereocenters. The third kappa shape index (κ3) is 3.37. The largest absolute Gasteiger partial charge is 0.449 e. The topological polar surface area (TPSA) is 70.9 Å². The van der Waals surface area contributed by atoms with Crippen molar-refractivity contribution in [2.75, 3.05) is 0 Å². The smallest absolute Gasteiger partial charge is 0.294 e. The number of nitrogens with one attached hydrogen (secondary N) is 2. The summed E-state index contributed by atoms with van der Waals surface area (Å²) in [4.78, 5) is 21.3. The van der Waals surface area contributed by atoms with E-state index in [9.17, 15) is 4.79 Å². The van der Waals surface area contributed by atoms with Crippen LogP contribution in [0.5, 0.6) is 0 Å². The number of thiophene rings is 1. The van der Waals surface area contributed by atoms with Crippen LogP contribution < -0.4 is 10.9 Å². The number of aromatic amines is 1. The van der Waals surface area contributed by atoms with Crippen molar-refractivity contribution in [3.8, 4) is 0 Å². The van der Waals surface area contributed by atoms with Gasteiger partial charge >= 0.3 is 0 Å². The molecule has 0 saturated carbocycles. The molecule has 0 aliphatic heterocycles. The van der Waals surface area contributed by atoms with Crippen LogP contribution in [0.2, 0.25) is 0 Å². The van der Waals surface area contributed by atoms with Gasteiger partial charge in [-0.1, -0.05) is 48.0 Å². The minimum absolute atomic E-state index is 0.0256. The molecule has 5 rings (SSSR count). The maximum atomic E-state index is 12.5. The van der Waals surface area contributed by atoms with E-state index in [0.29, 0.717) is 23.5 Å². The summed E-state index contributed by atoms with van der Waals surface area (Å²) in [5.74, 6) is 0.586. The van der Waals surface area contributed by atoms with E-state index < -0.39 is 0 Å². The van der Waals surface area contributed by atoms with Crippen molar-refractivity contribution in [1.29, 1.82) is 0 Å². The van der Waals surface area contributed by atoms with Crippen LogP contribution in [0.1, 0.15) is 27.9 Å². The fraction of sp³-hybridized carbons (Fsp3) is 0.130. The summed E-state index contributed by atoms with van der Waals surface area (Å²) >= 11 is 1.70. The van der Waals surface area contributed by atoms with Crippen molar-refractivity contribution in [3.05, 3.63) is 98.2 Å². The van der Waals surface area contributed by atoms with Crippen LogP contribution in [0.3, 0.4) is 0 Å². The highest BCUT2D eigenvalue weighted by atomic mass is 32.1. The lowest BCUT2D eigenvalue weighted by atomic mass is 10.0. The predicted octanol–water partition coefficient (Wildman–Crippen LogP) is 4.92. The molecule has 2 aromatic carbocycles. The summed E-state index contributed by atoms with van der Waals surface area (Å²) in [5, 5.41) is 6.48. The van der Waals surface area contributed by atoms with Crippen LogP contribution >= 0.6 is 11.3 Å².